The van der Waals surface area contributed by atoms with Crippen LogP contribution in [-0.2, 0) is 10.0 Å². The van der Waals surface area contributed by atoms with Gasteiger partial charge in [-0.05, 0) is 60.7 Å². The number of nitrogens with zero attached hydrogens (tertiary/aromatic N) is 1. The number of hydrogen-bond donors (Lipinski definition) is 0. The number of benzene rings is 4. The van der Waals surface area contributed by atoms with Gasteiger partial charge < -0.3 is 4.74 Å². The summed E-state index contributed by atoms with van der Waals surface area (Å²) in [4.78, 5) is 25.8. The number of sulfonamides is 1. The second-order valence-corrected chi connectivity index (χ2v) is 10.4. The third-order valence-electron chi connectivity index (χ3n) is 4.98. The lowest BCUT2D eigenvalue weighted by atomic mass is 10.2. The molecule has 1 amide bonds. The Balaban J connectivity index is 1.80. The molecule has 0 aliphatic heterocycles. The molecular formula is C26H16Cl3NO5S. The van der Waals surface area contributed by atoms with Crippen molar-refractivity contribution < 1.29 is 22.7 Å². The fourth-order valence-electron chi connectivity index (χ4n) is 3.26. The van der Waals surface area contributed by atoms with Gasteiger partial charge in [0.25, 0.3) is 15.9 Å². The Morgan fingerprint density at radius 2 is 1.19 bits per heavy atom. The standard InChI is InChI=1S/C26H16Cl3NO5S/c27-19-11-13-21(14-12-19)36(33,34)30(25(31)17-7-3-1-4-8-17)20-15-22(28)24(23(29)16-20)35-26(32)18-9-5-2-6-10-18/h1-16H. The number of ether oxygens (including phenoxy) is 1. The summed E-state index contributed by atoms with van der Waals surface area (Å²) in [5.74, 6) is -1.73. The lowest BCUT2D eigenvalue weighted by molar-refractivity contribution is 0.0734. The zero-order valence-corrected chi connectivity index (χ0v) is 21.4. The van der Waals surface area contributed by atoms with E-state index in [2.05, 4.69) is 0 Å². The fraction of sp³-hybridized carbons (Fsp3) is 0. The monoisotopic (exact) mass is 559 g/mol. The highest BCUT2D eigenvalue weighted by Gasteiger charge is 2.33. The van der Waals surface area contributed by atoms with Gasteiger partial charge in [0, 0.05) is 10.6 Å². The van der Waals surface area contributed by atoms with Crippen molar-refractivity contribution in [3.05, 3.63) is 123 Å². The van der Waals surface area contributed by atoms with Crippen molar-refractivity contribution in [3.8, 4) is 5.75 Å². The molecular weight excluding hydrogens is 545 g/mol. The molecule has 0 saturated heterocycles. The molecule has 0 fully saturated rings. The number of amides is 1. The lowest BCUT2D eigenvalue weighted by Gasteiger charge is -2.24. The van der Waals surface area contributed by atoms with Gasteiger partial charge >= 0.3 is 5.97 Å². The van der Waals surface area contributed by atoms with Gasteiger partial charge in [-0.25, -0.2) is 13.2 Å². The normalized spacial score (nSPS) is 11.1. The van der Waals surface area contributed by atoms with E-state index in [0.29, 0.717) is 9.33 Å². The first-order valence-corrected chi connectivity index (χ1v) is 12.9. The second kappa shape index (κ2) is 10.7. The first-order chi connectivity index (χ1) is 17.2. The summed E-state index contributed by atoms with van der Waals surface area (Å²) >= 11 is 18.6. The SMILES string of the molecule is O=C(Oc1c(Cl)cc(N(C(=O)c2ccccc2)S(=O)(=O)c2ccc(Cl)cc2)cc1Cl)c1ccccc1. The van der Waals surface area contributed by atoms with Crippen LogP contribution >= 0.6 is 34.8 Å². The van der Waals surface area contributed by atoms with Crippen molar-refractivity contribution >= 4 is 62.4 Å². The van der Waals surface area contributed by atoms with Gasteiger partial charge in [-0.1, -0.05) is 71.2 Å². The van der Waals surface area contributed by atoms with Crippen molar-refractivity contribution in [2.24, 2.45) is 0 Å². The maximum atomic E-state index is 13.6. The van der Waals surface area contributed by atoms with E-state index in [1.807, 2.05) is 0 Å². The molecule has 4 aromatic carbocycles. The Morgan fingerprint density at radius 1 is 0.694 bits per heavy atom. The summed E-state index contributed by atoms with van der Waals surface area (Å²) in [6, 6.07) is 23.8. The van der Waals surface area contributed by atoms with Crippen molar-refractivity contribution in [1.29, 1.82) is 0 Å². The molecule has 6 nitrogen and oxygen atoms in total. The number of carbonyl (C=O) groups excluding carboxylic acids is 2. The molecule has 4 rings (SSSR count). The van der Waals surface area contributed by atoms with Crippen molar-refractivity contribution in [3.63, 3.8) is 0 Å². The van der Waals surface area contributed by atoms with Crippen LogP contribution in [0.3, 0.4) is 0 Å². The fourth-order valence-corrected chi connectivity index (χ4v) is 5.34. The van der Waals surface area contributed by atoms with E-state index in [9.17, 15) is 18.0 Å². The van der Waals surface area contributed by atoms with Crippen LogP contribution in [0.2, 0.25) is 15.1 Å². The van der Waals surface area contributed by atoms with Gasteiger partial charge in [-0.2, -0.15) is 4.31 Å². The first kappa shape index (κ1) is 25.7. The molecule has 10 heteroatoms. The largest absolute Gasteiger partial charge is 0.420 e. The number of carbonyl (C=O) groups is 2. The molecule has 0 aliphatic rings. The molecule has 0 bridgehead atoms. The Kier molecular flexibility index (Phi) is 7.66. The van der Waals surface area contributed by atoms with Gasteiger partial charge in [-0.15, -0.1) is 0 Å². The molecule has 0 saturated carbocycles. The molecule has 36 heavy (non-hydrogen) atoms. The maximum Gasteiger partial charge on any atom is 0.343 e. The average molecular weight is 561 g/mol. The van der Waals surface area contributed by atoms with Crippen molar-refractivity contribution in [2.75, 3.05) is 4.31 Å². The van der Waals surface area contributed by atoms with Crippen molar-refractivity contribution in [1.82, 2.24) is 0 Å². The molecule has 182 valence electrons. The highest BCUT2D eigenvalue weighted by molar-refractivity contribution is 7.93. The van der Waals surface area contributed by atoms with Crippen LogP contribution in [0.4, 0.5) is 5.69 Å². The van der Waals surface area contributed by atoms with E-state index in [1.165, 1.54) is 48.5 Å². The Morgan fingerprint density at radius 3 is 1.72 bits per heavy atom. The highest BCUT2D eigenvalue weighted by Crippen LogP contribution is 2.39. The second-order valence-electron chi connectivity index (χ2n) is 7.39. The van der Waals surface area contributed by atoms with Gasteiger partial charge in [-0.3, -0.25) is 4.79 Å². The molecule has 0 heterocycles. The van der Waals surface area contributed by atoms with E-state index in [-0.39, 0.29) is 37.5 Å². The van der Waals surface area contributed by atoms with Gasteiger partial charge in [0.1, 0.15) is 0 Å². The molecule has 0 atom stereocenters. The number of rotatable bonds is 6. The van der Waals surface area contributed by atoms with Crippen LogP contribution < -0.4 is 9.04 Å². The predicted octanol–water partition coefficient (Wildman–Crippen LogP) is 6.90. The Labute approximate surface area is 222 Å². The molecule has 0 unspecified atom stereocenters. The lowest BCUT2D eigenvalue weighted by Crippen LogP contribution is -2.37. The first-order valence-electron chi connectivity index (χ1n) is 10.3. The van der Waals surface area contributed by atoms with E-state index in [4.69, 9.17) is 39.5 Å². The van der Waals surface area contributed by atoms with Crippen LogP contribution in [0.15, 0.2) is 102 Å². The quantitative estimate of drug-likeness (QED) is 0.189. The number of anilines is 1. The smallest absolute Gasteiger partial charge is 0.343 e. The van der Waals surface area contributed by atoms with Crippen molar-refractivity contribution in [2.45, 2.75) is 4.90 Å². The molecule has 4 aromatic rings. The van der Waals surface area contributed by atoms with Crippen LogP contribution in [0, 0.1) is 0 Å². The number of halogens is 3. The third-order valence-corrected chi connectivity index (χ3v) is 7.52. The zero-order valence-electron chi connectivity index (χ0n) is 18.3. The minimum Gasteiger partial charge on any atom is -0.420 e. The molecule has 0 aliphatic carbocycles. The molecule has 0 aromatic heterocycles. The summed E-state index contributed by atoms with van der Waals surface area (Å²) in [5.41, 5.74) is 0.232. The van der Waals surface area contributed by atoms with Crippen LogP contribution in [0.25, 0.3) is 0 Å². The van der Waals surface area contributed by atoms with Gasteiger partial charge in [0.05, 0.1) is 26.2 Å². The summed E-state index contributed by atoms with van der Waals surface area (Å²) < 4.78 is 33.2. The minimum absolute atomic E-state index is 0.113. The van der Waals surface area contributed by atoms with E-state index in [0.717, 1.165) is 0 Å². The zero-order chi connectivity index (χ0) is 25.9. The van der Waals surface area contributed by atoms with Crippen LogP contribution in [-0.4, -0.2) is 20.3 Å². The van der Waals surface area contributed by atoms with Crippen LogP contribution in [0.1, 0.15) is 20.7 Å². The summed E-state index contributed by atoms with van der Waals surface area (Å²) in [6.07, 6.45) is 0. The number of esters is 1. The molecule has 0 N–H and O–H groups in total. The third kappa shape index (κ3) is 5.39. The van der Waals surface area contributed by atoms with E-state index >= 15 is 0 Å². The van der Waals surface area contributed by atoms with Gasteiger partial charge in [0.2, 0.25) is 0 Å². The Bertz CT molecular complexity index is 1500. The topological polar surface area (TPSA) is 80.8 Å². The number of hydrogen-bond acceptors (Lipinski definition) is 5. The van der Waals surface area contributed by atoms with E-state index in [1.54, 1.807) is 48.5 Å². The minimum atomic E-state index is -4.43. The summed E-state index contributed by atoms with van der Waals surface area (Å²) in [7, 11) is -4.43. The molecule has 0 spiro atoms. The summed E-state index contributed by atoms with van der Waals surface area (Å²) in [6.45, 7) is 0. The molecule has 0 radical (unpaired) electrons. The average Bonchev–Trinajstić information content (AvgIpc) is 2.87. The van der Waals surface area contributed by atoms with E-state index < -0.39 is 21.9 Å². The van der Waals surface area contributed by atoms with Gasteiger partial charge in [0.15, 0.2) is 5.75 Å². The van der Waals surface area contributed by atoms with Crippen LogP contribution in [0.5, 0.6) is 5.75 Å². The highest BCUT2D eigenvalue weighted by atomic mass is 35.5. The summed E-state index contributed by atoms with van der Waals surface area (Å²) in [5, 5.41) is -0.0107. The maximum absolute atomic E-state index is 13.6. The Hall–Kier alpha value is -3.36. The predicted molar refractivity (Wildman–Crippen MR) is 140 cm³/mol.